The normalized spacial score (nSPS) is 20.4. The highest BCUT2D eigenvalue weighted by atomic mass is 16.6. The highest BCUT2D eigenvalue weighted by Gasteiger charge is 2.45. The quantitative estimate of drug-likeness (QED) is 0.552. The van der Waals surface area contributed by atoms with Gasteiger partial charge < -0.3 is 24.4 Å². The molecule has 2 atom stereocenters. The van der Waals surface area contributed by atoms with Crippen LogP contribution in [0, 0.1) is 0 Å². The molecule has 1 fully saturated rings. The van der Waals surface area contributed by atoms with Crippen LogP contribution in [0.4, 0.5) is 11.4 Å². The molecule has 3 aliphatic rings. The average molecular weight is 528 g/mol. The fourth-order valence-electron chi connectivity index (χ4n) is 5.77. The lowest BCUT2D eigenvalue weighted by Crippen LogP contribution is -2.48. The van der Waals surface area contributed by atoms with E-state index in [0.29, 0.717) is 60.2 Å². The van der Waals surface area contributed by atoms with Crippen molar-refractivity contribution in [2.24, 2.45) is 0 Å². The predicted octanol–water partition coefficient (Wildman–Crippen LogP) is 3.70. The molecule has 3 aliphatic heterocycles. The van der Waals surface area contributed by atoms with E-state index in [2.05, 4.69) is 4.90 Å². The van der Waals surface area contributed by atoms with Crippen molar-refractivity contribution in [1.82, 2.24) is 4.90 Å². The number of piperazine rings is 1. The van der Waals surface area contributed by atoms with Gasteiger partial charge in [0, 0.05) is 50.0 Å². The summed E-state index contributed by atoms with van der Waals surface area (Å²) in [6.07, 6.45) is 0. The molecule has 3 aromatic carbocycles. The van der Waals surface area contributed by atoms with Crippen LogP contribution >= 0.6 is 0 Å². The van der Waals surface area contributed by atoms with Crippen LogP contribution in [0.2, 0.25) is 0 Å². The molecule has 0 bridgehead atoms. The minimum atomic E-state index is -1.01. The largest absolute Gasteiger partial charge is 0.486 e. The van der Waals surface area contributed by atoms with Crippen molar-refractivity contribution in [3.8, 4) is 11.5 Å². The second-order valence-corrected chi connectivity index (χ2v) is 9.94. The molecule has 0 spiro atoms. The van der Waals surface area contributed by atoms with Gasteiger partial charge in [-0.25, -0.2) is 0 Å². The van der Waals surface area contributed by atoms with Gasteiger partial charge in [0.25, 0.3) is 5.91 Å². The summed E-state index contributed by atoms with van der Waals surface area (Å²) in [7, 11) is 0. The van der Waals surface area contributed by atoms with Crippen molar-refractivity contribution in [2.75, 3.05) is 49.2 Å². The van der Waals surface area contributed by atoms with Crippen molar-refractivity contribution in [2.45, 2.75) is 18.9 Å². The first-order valence-corrected chi connectivity index (χ1v) is 13.1. The summed E-state index contributed by atoms with van der Waals surface area (Å²) in [6.45, 7) is 5.18. The van der Waals surface area contributed by atoms with Crippen LogP contribution in [0.3, 0.4) is 0 Å². The first-order chi connectivity index (χ1) is 18.9. The molecule has 9 nitrogen and oxygen atoms in total. The summed E-state index contributed by atoms with van der Waals surface area (Å²) >= 11 is 0. The molecule has 3 aromatic rings. The Kier molecular flexibility index (Phi) is 6.34. The SMILES string of the molecule is CC(=O)N1CCN(c2ccc(N3C(=O)c4ccccc4[C@H](C(=O)O)[C@H]3c3ccc4c(c3)OCCO4)cc2)CC1. The molecular formula is C30H29N3O6. The Hall–Kier alpha value is -4.53. The number of aliphatic carboxylic acids is 1. The maximum absolute atomic E-state index is 14.0. The lowest BCUT2D eigenvalue weighted by atomic mass is 9.79. The molecule has 6 rings (SSSR count). The Labute approximate surface area is 226 Å². The minimum Gasteiger partial charge on any atom is -0.486 e. The second-order valence-electron chi connectivity index (χ2n) is 9.94. The van der Waals surface area contributed by atoms with Crippen LogP contribution in [0.15, 0.2) is 66.7 Å². The summed E-state index contributed by atoms with van der Waals surface area (Å²) < 4.78 is 11.5. The van der Waals surface area contributed by atoms with E-state index in [9.17, 15) is 19.5 Å². The molecule has 0 aromatic heterocycles. The monoisotopic (exact) mass is 527 g/mol. The second kappa shape index (κ2) is 9.98. The predicted molar refractivity (Wildman–Crippen MR) is 145 cm³/mol. The molecule has 39 heavy (non-hydrogen) atoms. The molecule has 2 amide bonds. The van der Waals surface area contributed by atoms with Crippen LogP contribution < -0.4 is 19.3 Å². The van der Waals surface area contributed by atoms with Gasteiger partial charge in [0.05, 0.1) is 6.04 Å². The minimum absolute atomic E-state index is 0.0760. The lowest BCUT2D eigenvalue weighted by Gasteiger charge is -2.41. The van der Waals surface area contributed by atoms with Crippen LogP contribution in [-0.4, -0.2) is 67.2 Å². The third-order valence-corrected chi connectivity index (χ3v) is 7.73. The third-order valence-electron chi connectivity index (χ3n) is 7.73. The Morgan fingerprint density at radius 1 is 0.846 bits per heavy atom. The number of hydrogen-bond donors (Lipinski definition) is 1. The average Bonchev–Trinajstić information content (AvgIpc) is 2.97. The number of carbonyl (C=O) groups excluding carboxylic acids is 2. The summed E-state index contributed by atoms with van der Waals surface area (Å²) in [5.74, 6) is -1.05. The van der Waals surface area contributed by atoms with Gasteiger partial charge in [-0.15, -0.1) is 0 Å². The number of benzene rings is 3. The highest BCUT2D eigenvalue weighted by Crippen LogP contribution is 2.47. The number of hydrogen-bond acceptors (Lipinski definition) is 6. The van der Waals surface area contributed by atoms with Crippen LogP contribution in [0.1, 0.15) is 40.4 Å². The van der Waals surface area contributed by atoms with Gasteiger partial charge in [-0.1, -0.05) is 24.3 Å². The van der Waals surface area contributed by atoms with Gasteiger partial charge in [0.1, 0.15) is 19.1 Å². The van der Waals surface area contributed by atoms with Crippen molar-refractivity contribution < 1.29 is 29.0 Å². The maximum Gasteiger partial charge on any atom is 0.313 e. The molecular weight excluding hydrogens is 498 g/mol. The fourth-order valence-corrected chi connectivity index (χ4v) is 5.77. The molecule has 0 saturated carbocycles. The molecule has 0 aliphatic carbocycles. The fraction of sp³-hybridized carbons (Fsp3) is 0.300. The number of rotatable bonds is 4. The zero-order valence-corrected chi connectivity index (χ0v) is 21.6. The van der Waals surface area contributed by atoms with Gasteiger partial charge in [-0.05, 0) is 53.6 Å². The molecule has 9 heteroatoms. The van der Waals surface area contributed by atoms with Gasteiger partial charge >= 0.3 is 5.97 Å². The Bertz CT molecular complexity index is 1430. The standard InChI is InChI=1S/C30H29N3O6/c1-19(34)31-12-14-32(15-13-31)21-7-9-22(10-8-21)33-28(20-6-11-25-26(18-20)39-17-16-38-25)27(30(36)37)23-4-2-3-5-24(23)29(33)35/h2-11,18,27-28H,12-17H2,1H3,(H,36,37)/t27-,28+/m0/s1. The van der Waals surface area contributed by atoms with Crippen LogP contribution in [0.25, 0.3) is 0 Å². The van der Waals surface area contributed by atoms with E-state index in [0.717, 1.165) is 18.8 Å². The van der Waals surface area contributed by atoms with Gasteiger partial charge in [-0.3, -0.25) is 19.3 Å². The van der Waals surface area contributed by atoms with Crippen molar-refractivity contribution in [3.05, 3.63) is 83.4 Å². The third kappa shape index (κ3) is 4.43. The van der Waals surface area contributed by atoms with Crippen molar-refractivity contribution in [1.29, 1.82) is 0 Å². The Balaban J connectivity index is 1.40. The lowest BCUT2D eigenvalue weighted by molar-refractivity contribution is -0.139. The molecule has 1 N–H and O–H groups in total. The number of carboxylic acid groups (broad SMARTS) is 1. The summed E-state index contributed by atoms with van der Waals surface area (Å²) in [5, 5.41) is 10.5. The topological polar surface area (TPSA) is 99.6 Å². The number of amides is 2. The zero-order valence-electron chi connectivity index (χ0n) is 21.6. The number of ether oxygens (including phenoxy) is 2. The van der Waals surface area contributed by atoms with Gasteiger partial charge in [0.2, 0.25) is 5.91 Å². The number of fused-ring (bicyclic) bond motifs is 2. The molecule has 3 heterocycles. The van der Waals surface area contributed by atoms with Gasteiger partial charge in [0.15, 0.2) is 11.5 Å². The first-order valence-electron chi connectivity index (χ1n) is 13.1. The van der Waals surface area contributed by atoms with Crippen molar-refractivity contribution >= 4 is 29.2 Å². The van der Waals surface area contributed by atoms with E-state index < -0.39 is 17.9 Å². The maximum atomic E-state index is 14.0. The first kappa shape index (κ1) is 24.8. The van der Waals surface area contributed by atoms with E-state index >= 15 is 0 Å². The zero-order chi connectivity index (χ0) is 27.1. The number of carboxylic acids is 1. The highest BCUT2D eigenvalue weighted by molar-refractivity contribution is 6.11. The molecule has 0 unspecified atom stereocenters. The van der Waals surface area contributed by atoms with E-state index in [1.807, 2.05) is 35.2 Å². The summed E-state index contributed by atoms with van der Waals surface area (Å²) in [6, 6.07) is 19.1. The smallest absolute Gasteiger partial charge is 0.313 e. The van der Waals surface area contributed by atoms with Crippen LogP contribution in [-0.2, 0) is 9.59 Å². The van der Waals surface area contributed by atoms with E-state index in [-0.39, 0.29) is 11.8 Å². The molecule has 1 saturated heterocycles. The number of carbonyl (C=O) groups is 3. The Morgan fingerprint density at radius 2 is 1.51 bits per heavy atom. The summed E-state index contributed by atoms with van der Waals surface area (Å²) in [4.78, 5) is 44.1. The summed E-state index contributed by atoms with van der Waals surface area (Å²) in [5.41, 5.74) is 3.11. The van der Waals surface area contributed by atoms with E-state index in [4.69, 9.17) is 9.47 Å². The van der Waals surface area contributed by atoms with E-state index in [1.54, 1.807) is 48.2 Å². The number of nitrogens with zero attached hydrogens (tertiary/aromatic N) is 3. The molecule has 0 radical (unpaired) electrons. The van der Waals surface area contributed by atoms with Crippen molar-refractivity contribution in [3.63, 3.8) is 0 Å². The number of anilines is 2. The Morgan fingerprint density at radius 3 is 2.21 bits per heavy atom. The van der Waals surface area contributed by atoms with E-state index in [1.165, 1.54) is 0 Å². The van der Waals surface area contributed by atoms with Crippen LogP contribution in [0.5, 0.6) is 11.5 Å². The molecule has 200 valence electrons. The van der Waals surface area contributed by atoms with Gasteiger partial charge in [-0.2, -0.15) is 0 Å².